The van der Waals surface area contributed by atoms with Crippen LogP contribution in [0.4, 0.5) is 13.2 Å². The first-order chi connectivity index (χ1) is 9.97. The summed E-state index contributed by atoms with van der Waals surface area (Å²) in [5, 5.41) is 8.89. The predicted octanol–water partition coefficient (Wildman–Crippen LogP) is 3.14. The standard InChI is InChI=1S/C14H7F3N2O2/c15-8-4-10(17)13(5-9(8)16)19-6-18-11-3-7(14(20)21)1-2-12(11)19/h1-6H,(H,20,21). The molecule has 0 atom stereocenters. The fraction of sp³-hybridized carbons (Fsp3) is 0. The number of halogens is 3. The molecule has 2 aromatic carbocycles. The molecule has 0 unspecified atom stereocenters. The van der Waals surface area contributed by atoms with Crippen molar-refractivity contribution in [3.63, 3.8) is 0 Å². The molecule has 0 radical (unpaired) electrons. The van der Waals surface area contributed by atoms with Crippen LogP contribution in [-0.4, -0.2) is 20.6 Å². The third kappa shape index (κ3) is 2.12. The molecule has 0 aliphatic carbocycles. The van der Waals surface area contributed by atoms with Gasteiger partial charge >= 0.3 is 5.97 Å². The van der Waals surface area contributed by atoms with Crippen LogP contribution in [0.5, 0.6) is 0 Å². The van der Waals surface area contributed by atoms with E-state index in [1.165, 1.54) is 29.1 Å². The molecule has 0 aliphatic rings. The van der Waals surface area contributed by atoms with Gasteiger partial charge in [-0.25, -0.2) is 22.9 Å². The molecular weight excluding hydrogens is 285 g/mol. The molecule has 0 fully saturated rings. The average molecular weight is 292 g/mol. The number of carboxylic acid groups (broad SMARTS) is 1. The number of hydrogen-bond acceptors (Lipinski definition) is 2. The number of fused-ring (bicyclic) bond motifs is 1. The minimum Gasteiger partial charge on any atom is -0.478 e. The van der Waals surface area contributed by atoms with Gasteiger partial charge in [-0.1, -0.05) is 0 Å². The lowest BCUT2D eigenvalue weighted by atomic mass is 10.2. The third-order valence-corrected chi connectivity index (χ3v) is 3.04. The summed E-state index contributed by atoms with van der Waals surface area (Å²) in [5.41, 5.74) is 0.502. The largest absolute Gasteiger partial charge is 0.478 e. The number of carboxylic acids is 1. The highest BCUT2D eigenvalue weighted by molar-refractivity contribution is 5.92. The molecule has 0 bridgehead atoms. The van der Waals surface area contributed by atoms with Gasteiger partial charge < -0.3 is 5.11 Å². The van der Waals surface area contributed by atoms with Crippen molar-refractivity contribution in [2.45, 2.75) is 0 Å². The number of benzene rings is 2. The Bertz CT molecular complexity index is 874. The van der Waals surface area contributed by atoms with Crippen molar-refractivity contribution in [3.05, 3.63) is 59.7 Å². The molecule has 1 N–H and O–H groups in total. The maximum Gasteiger partial charge on any atom is 0.335 e. The molecule has 0 aliphatic heterocycles. The monoisotopic (exact) mass is 292 g/mol. The molecule has 1 aromatic heterocycles. The van der Waals surface area contributed by atoms with Gasteiger partial charge in [-0.05, 0) is 18.2 Å². The average Bonchev–Trinajstić information content (AvgIpc) is 2.85. The predicted molar refractivity (Wildman–Crippen MR) is 67.9 cm³/mol. The van der Waals surface area contributed by atoms with Crippen molar-refractivity contribution in [2.75, 3.05) is 0 Å². The van der Waals surface area contributed by atoms with E-state index in [-0.39, 0.29) is 11.3 Å². The maximum atomic E-state index is 13.8. The normalized spacial score (nSPS) is 11.0. The van der Waals surface area contributed by atoms with E-state index in [9.17, 15) is 18.0 Å². The van der Waals surface area contributed by atoms with Crippen LogP contribution in [0.1, 0.15) is 10.4 Å². The van der Waals surface area contributed by atoms with Crippen molar-refractivity contribution in [2.24, 2.45) is 0 Å². The second kappa shape index (κ2) is 4.62. The molecule has 1 heterocycles. The summed E-state index contributed by atoms with van der Waals surface area (Å²) >= 11 is 0. The summed E-state index contributed by atoms with van der Waals surface area (Å²) in [6.45, 7) is 0. The van der Waals surface area contributed by atoms with Crippen LogP contribution in [0.2, 0.25) is 0 Å². The van der Waals surface area contributed by atoms with E-state index in [2.05, 4.69) is 4.98 Å². The van der Waals surface area contributed by atoms with Gasteiger partial charge in [0, 0.05) is 12.1 Å². The number of carbonyl (C=O) groups is 1. The van der Waals surface area contributed by atoms with Crippen LogP contribution in [0.15, 0.2) is 36.7 Å². The molecule has 0 amide bonds. The Kier molecular flexibility index (Phi) is 2.90. The summed E-state index contributed by atoms with van der Waals surface area (Å²) in [5.74, 6) is -4.54. The zero-order valence-corrected chi connectivity index (χ0v) is 10.3. The number of hydrogen-bond donors (Lipinski definition) is 1. The molecular formula is C14H7F3N2O2. The lowest BCUT2D eigenvalue weighted by Gasteiger charge is -2.06. The Morgan fingerprint density at radius 3 is 2.48 bits per heavy atom. The Morgan fingerprint density at radius 2 is 1.76 bits per heavy atom. The van der Waals surface area contributed by atoms with E-state index in [1.54, 1.807) is 0 Å². The second-order valence-electron chi connectivity index (χ2n) is 4.34. The highest BCUT2D eigenvalue weighted by Crippen LogP contribution is 2.23. The lowest BCUT2D eigenvalue weighted by Crippen LogP contribution is -2.00. The van der Waals surface area contributed by atoms with Crippen molar-refractivity contribution in [1.82, 2.24) is 9.55 Å². The molecule has 0 saturated heterocycles. The summed E-state index contributed by atoms with van der Waals surface area (Å²) in [6, 6.07) is 5.22. The quantitative estimate of drug-likeness (QED) is 0.738. The maximum absolute atomic E-state index is 13.8. The summed E-state index contributed by atoms with van der Waals surface area (Å²) < 4.78 is 41.2. The van der Waals surface area contributed by atoms with Gasteiger partial charge in [-0.2, -0.15) is 0 Å². The highest BCUT2D eigenvalue weighted by atomic mass is 19.2. The summed E-state index contributed by atoms with van der Waals surface area (Å²) in [7, 11) is 0. The number of imidazole rings is 1. The van der Waals surface area contributed by atoms with E-state index in [0.717, 1.165) is 6.07 Å². The zero-order valence-electron chi connectivity index (χ0n) is 10.3. The van der Waals surface area contributed by atoms with Gasteiger partial charge in [0.25, 0.3) is 0 Å². The Hall–Kier alpha value is -2.83. The smallest absolute Gasteiger partial charge is 0.335 e. The first kappa shape index (κ1) is 13.2. The van der Waals surface area contributed by atoms with E-state index >= 15 is 0 Å². The second-order valence-corrected chi connectivity index (χ2v) is 4.34. The Morgan fingerprint density at radius 1 is 1.05 bits per heavy atom. The van der Waals surface area contributed by atoms with Gasteiger partial charge in [0.15, 0.2) is 11.6 Å². The Labute approximate surface area is 116 Å². The van der Waals surface area contributed by atoms with Crippen molar-refractivity contribution in [3.8, 4) is 5.69 Å². The van der Waals surface area contributed by atoms with E-state index in [1.807, 2.05) is 0 Å². The molecule has 21 heavy (non-hydrogen) atoms. The van der Waals surface area contributed by atoms with Gasteiger partial charge in [0.1, 0.15) is 12.1 Å². The third-order valence-electron chi connectivity index (χ3n) is 3.04. The topological polar surface area (TPSA) is 55.1 Å². The lowest BCUT2D eigenvalue weighted by molar-refractivity contribution is 0.0697. The van der Waals surface area contributed by atoms with E-state index < -0.39 is 23.4 Å². The fourth-order valence-electron chi connectivity index (χ4n) is 2.03. The highest BCUT2D eigenvalue weighted by Gasteiger charge is 2.14. The fourth-order valence-corrected chi connectivity index (χ4v) is 2.03. The SMILES string of the molecule is O=C(O)c1ccc2c(c1)ncn2-c1cc(F)c(F)cc1F. The van der Waals surface area contributed by atoms with Crippen molar-refractivity contribution in [1.29, 1.82) is 0 Å². The zero-order chi connectivity index (χ0) is 15.1. The first-order valence-corrected chi connectivity index (χ1v) is 5.82. The van der Waals surface area contributed by atoms with Crippen LogP contribution in [0.3, 0.4) is 0 Å². The van der Waals surface area contributed by atoms with Crippen LogP contribution < -0.4 is 0 Å². The molecule has 3 rings (SSSR count). The molecule has 106 valence electrons. The first-order valence-electron chi connectivity index (χ1n) is 5.82. The van der Waals surface area contributed by atoms with Crippen LogP contribution >= 0.6 is 0 Å². The van der Waals surface area contributed by atoms with Gasteiger partial charge in [-0.3, -0.25) is 4.57 Å². The molecule has 0 saturated carbocycles. The molecule has 7 heteroatoms. The van der Waals surface area contributed by atoms with Crippen molar-refractivity contribution < 1.29 is 23.1 Å². The van der Waals surface area contributed by atoms with E-state index in [0.29, 0.717) is 17.1 Å². The minimum absolute atomic E-state index is 0.0264. The van der Waals surface area contributed by atoms with Crippen molar-refractivity contribution >= 4 is 17.0 Å². The van der Waals surface area contributed by atoms with Gasteiger partial charge in [0.2, 0.25) is 0 Å². The minimum atomic E-state index is -1.28. The van der Waals surface area contributed by atoms with Crippen LogP contribution in [0, 0.1) is 17.5 Å². The molecule has 3 aromatic rings. The van der Waals surface area contributed by atoms with Crippen LogP contribution in [-0.2, 0) is 0 Å². The van der Waals surface area contributed by atoms with Gasteiger partial charge in [-0.15, -0.1) is 0 Å². The summed E-state index contributed by atoms with van der Waals surface area (Å²) in [6.07, 6.45) is 1.21. The number of aromatic carboxylic acids is 1. The number of nitrogens with zero attached hydrogens (tertiary/aromatic N) is 2. The number of aromatic nitrogens is 2. The van der Waals surface area contributed by atoms with Gasteiger partial charge in [0.05, 0.1) is 22.3 Å². The van der Waals surface area contributed by atoms with E-state index in [4.69, 9.17) is 5.11 Å². The van der Waals surface area contributed by atoms with Crippen LogP contribution in [0.25, 0.3) is 16.7 Å². The summed E-state index contributed by atoms with van der Waals surface area (Å²) in [4.78, 5) is 14.8. The molecule has 4 nitrogen and oxygen atoms in total. The number of rotatable bonds is 2. The Balaban J connectivity index is 2.22. The molecule has 0 spiro atoms.